The molecule has 31 heavy (non-hydrogen) atoms. The number of aryl methyl sites for hydroxylation is 1. The Kier molecular flexibility index (Phi) is 3.73. The highest BCUT2D eigenvalue weighted by atomic mass is 16.2. The van der Waals surface area contributed by atoms with Gasteiger partial charge >= 0.3 is 0 Å². The Bertz CT molecular complexity index is 1250. The van der Waals surface area contributed by atoms with Gasteiger partial charge in [-0.05, 0) is 54.2 Å². The lowest BCUT2D eigenvalue weighted by Gasteiger charge is -2.16. The van der Waals surface area contributed by atoms with Gasteiger partial charge in [0.2, 0.25) is 5.91 Å². The van der Waals surface area contributed by atoms with Crippen LogP contribution < -0.4 is 10.2 Å². The number of aromatic nitrogens is 3. The first-order valence-electron chi connectivity index (χ1n) is 10.9. The summed E-state index contributed by atoms with van der Waals surface area (Å²) in [6.45, 7) is 1.53. The molecule has 0 bridgehead atoms. The van der Waals surface area contributed by atoms with Crippen LogP contribution in [0.15, 0.2) is 42.9 Å². The van der Waals surface area contributed by atoms with E-state index >= 15 is 0 Å². The Morgan fingerprint density at radius 3 is 2.84 bits per heavy atom. The van der Waals surface area contributed by atoms with Crippen LogP contribution in [0.5, 0.6) is 0 Å². The van der Waals surface area contributed by atoms with Crippen LogP contribution in [0.1, 0.15) is 31.2 Å². The Balaban J connectivity index is 1.19. The van der Waals surface area contributed by atoms with Gasteiger partial charge in [-0.15, -0.1) is 0 Å². The van der Waals surface area contributed by atoms with Crippen molar-refractivity contribution in [1.82, 2.24) is 14.8 Å². The molecule has 1 N–H and O–H groups in total. The van der Waals surface area contributed by atoms with Gasteiger partial charge in [-0.1, -0.05) is 12.1 Å². The SMILES string of the molecule is Cn1cc(N2CC[C@H](C(=O)Nc3cc4cc([C@]5(C#N)CC56CC6)ccc4cn3)C2)cn1. The molecule has 0 unspecified atom stereocenters. The van der Waals surface area contributed by atoms with E-state index in [1.165, 1.54) is 0 Å². The minimum Gasteiger partial charge on any atom is -0.368 e. The van der Waals surface area contributed by atoms with Crippen LogP contribution in [0, 0.1) is 22.7 Å². The van der Waals surface area contributed by atoms with Crippen LogP contribution in [0.4, 0.5) is 11.5 Å². The zero-order valence-corrected chi connectivity index (χ0v) is 17.5. The van der Waals surface area contributed by atoms with Crippen LogP contribution >= 0.6 is 0 Å². The van der Waals surface area contributed by atoms with Gasteiger partial charge in [0, 0.05) is 37.9 Å². The summed E-state index contributed by atoms with van der Waals surface area (Å²) in [5.41, 5.74) is 2.08. The second kappa shape index (κ2) is 6.30. The van der Waals surface area contributed by atoms with E-state index in [-0.39, 0.29) is 22.7 Å². The third-order valence-corrected chi connectivity index (χ3v) is 7.51. The summed E-state index contributed by atoms with van der Waals surface area (Å²) in [6.07, 6.45) is 9.72. The third-order valence-electron chi connectivity index (χ3n) is 7.51. The molecule has 1 amide bonds. The van der Waals surface area contributed by atoms with Gasteiger partial charge in [0.05, 0.1) is 29.3 Å². The van der Waals surface area contributed by atoms with E-state index in [1.54, 1.807) is 10.9 Å². The standard InChI is InChI=1S/C24H24N6O/c1-29-13-20(11-27-29)30-7-4-17(12-30)22(31)28-21-9-18-8-19(3-2-16(18)10-26-21)24(15-25)14-23(24)5-6-23/h2-3,8-11,13,17H,4-7,12,14H2,1H3,(H,26,28,31)/t17-,24+/m0/s1. The quantitative estimate of drug-likeness (QED) is 0.710. The molecular formula is C24H24N6O. The third kappa shape index (κ3) is 2.82. The number of benzene rings is 1. The van der Waals surface area contributed by atoms with Gasteiger partial charge in [0.15, 0.2) is 0 Å². The van der Waals surface area contributed by atoms with Gasteiger partial charge in [-0.3, -0.25) is 9.48 Å². The van der Waals surface area contributed by atoms with Crippen molar-refractivity contribution < 1.29 is 4.79 Å². The molecule has 1 aromatic carbocycles. The molecule has 3 heterocycles. The van der Waals surface area contributed by atoms with Crippen molar-refractivity contribution in [3.8, 4) is 6.07 Å². The number of hydrogen-bond acceptors (Lipinski definition) is 5. The van der Waals surface area contributed by atoms with Crippen LogP contribution in [0.2, 0.25) is 0 Å². The van der Waals surface area contributed by atoms with Gasteiger partial charge in [0.25, 0.3) is 0 Å². The van der Waals surface area contributed by atoms with Crippen molar-refractivity contribution in [3.05, 3.63) is 48.4 Å². The summed E-state index contributed by atoms with van der Waals surface area (Å²) in [6, 6.07) is 10.7. The molecule has 7 nitrogen and oxygen atoms in total. The lowest BCUT2D eigenvalue weighted by atomic mass is 9.92. The second-order valence-corrected chi connectivity index (χ2v) is 9.40. The first kappa shape index (κ1) is 18.4. The minimum absolute atomic E-state index is 0.00187. The molecule has 3 fully saturated rings. The highest BCUT2D eigenvalue weighted by molar-refractivity contribution is 5.95. The number of fused-ring (bicyclic) bond motifs is 1. The van der Waals surface area contributed by atoms with E-state index in [9.17, 15) is 10.1 Å². The molecule has 7 heteroatoms. The number of rotatable bonds is 4. The number of nitrogens with one attached hydrogen (secondary N) is 1. The van der Waals surface area contributed by atoms with Crippen LogP contribution in [-0.4, -0.2) is 33.8 Å². The van der Waals surface area contributed by atoms with Crippen molar-refractivity contribution in [2.24, 2.45) is 18.4 Å². The molecule has 6 rings (SSSR count). The summed E-state index contributed by atoms with van der Waals surface area (Å²) in [7, 11) is 1.90. The number of hydrogen-bond donors (Lipinski definition) is 1. The number of nitrogens with zero attached hydrogens (tertiary/aromatic N) is 5. The maximum atomic E-state index is 12.9. The normalized spacial score (nSPS) is 25.5. The summed E-state index contributed by atoms with van der Waals surface area (Å²) < 4.78 is 1.78. The molecule has 2 aromatic heterocycles. The van der Waals surface area contributed by atoms with Crippen molar-refractivity contribution in [2.75, 3.05) is 23.3 Å². The number of anilines is 2. The van der Waals surface area contributed by atoms with Crippen molar-refractivity contribution in [2.45, 2.75) is 31.1 Å². The average molecular weight is 412 g/mol. The van der Waals surface area contributed by atoms with Crippen molar-refractivity contribution in [1.29, 1.82) is 5.26 Å². The molecule has 3 aliphatic rings. The molecule has 156 valence electrons. The maximum absolute atomic E-state index is 12.9. The van der Waals surface area contributed by atoms with E-state index in [2.05, 4.69) is 38.5 Å². The fourth-order valence-electron chi connectivity index (χ4n) is 5.33. The highest BCUT2D eigenvalue weighted by Crippen LogP contribution is 2.78. The topological polar surface area (TPSA) is 86.8 Å². The summed E-state index contributed by atoms with van der Waals surface area (Å²) >= 11 is 0. The second-order valence-electron chi connectivity index (χ2n) is 9.40. The van der Waals surface area contributed by atoms with E-state index in [4.69, 9.17) is 0 Å². The van der Waals surface area contributed by atoms with Gasteiger partial charge in [-0.2, -0.15) is 10.4 Å². The zero-order chi connectivity index (χ0) is 21.2. The molecule has 0 radical (unpaired) electrons. The minimum atomic E-state index is -0.312. The lowest BCUT2D eigenvalue weighted by molar-refractivity contribution is -0.119. The average Bonchev–Trinajstić information content (AvgIpc) is 3.53. The number of amides is 1. The van der Waals surface area contributed by atoms with Crippen molar-refractivity contribution >= 4 is 28.2 Å². The molecule has 2 saturated carbocycles. The molecule has 1 aliphatic heterocycles. The molecule has 2 aliphatic carbocycles. The van der Waals surface area contributed by atoms with Crippen LogP contribution in [0.3, 0.4) is 0 Å². The smallest absolute Gasteiger partial charge is 0.230 e. The number of carbonyl (C=O) groups excluding carboxylic acids is 1. The fourth-order valence-corrected chi connectivity index (χ4v) is 5.33. The first-order valence-corrected chi connectivity index (χ1v) is 10.9. The monoisotopic (exact) mass is 412 g/mol. The largest absolute Gasteiger partial charge is 0.368 e. The number of pyridine rings is 1. The molecule has 3 aromatic rings. The Morgan fingerprint density at radius 1 is 1.26 bits per heavy atom. The Hall–Kier alpha value is -3.40. The van der Waals surface area contributed by atoms with E-state index in [0.717, 1.165) is 54.3 Å². The Labute approximate surface area is 180 Å². The van der Waals surface area contributed by atoms with Crippen LogP contribution in [0.25, 0.3) is 10.8 Å². The predicted octanol–water partition coefficient (Wildman–Crippen LogP) is 3.38. The first-order chi connectivity index (χ1) is 15.0. The van der Waals surface area contributed by atoms with Crippen molar-refractivity contribution in [3.63, 3.8) is 0 Å². The summed E-state index contributed by atoms with van der Waals surface area (Å²) in [5.74, 6) is 0.492. The predicted molar refractivity (Wildman–Crippen MR) is 117 cm³/mol. The maximum Gasteiger partial charge on any atom is 0.230 e. The van der Waals surface area contributed by atoms with E-state index < -0.39 is 0 Å². The van der Waals surface area contributed by atoms with Crippen LogP contribution in [-0.2, 0) is 17.3 Å². The van der Waals surface area contributed by atoms with E-state index in [1.807, 2.05) is 31.6 Å². The summed E-state index contributed by atoms with van der Waals surface area (Å²) in [5, 5.41) is 19.1. The zero-order valence-electron chi connectivity index (χ0n) is 17.5. The van der Waals surface area contributed by atoms with E-state index in [0.29, 0.717) is 12.4 Å². The summed E-state index contributed by atoms with van der Waals surface area (Å²) in [4.78, 5) is 19.5. The number of carbonyl (C=O) groups is 1. The number of nitriles is 1. The molecule has 2 atom stereocenters. The molecular weight excluding hydrogens is 388 g/mol. The Morgan fingerprint density at radius 2 is 2.13 bits per heavy atom. The fraction of sp³-hybridized carbons (Fsp3) is 0.417. The van der Waals surface area contributed by atoms with Gasteiger partial charge < -0.3 is 10.2 Å². The lowest BCUT2D eigenvalue weighted by Crippen LogP contribution is -2.27. The highest BCUT2D eigenvalue weighted by Gasteiger charge is 2.75. The molecule has 1 saturated heterocycles. The van der Waals surface area contributed by atoms with Gasteiger partial charge in [-0.25, -0.2) is 4.98 Å². The van der Waals surface area contributed by atoms with Gasteiger partial charge in [0.1, 0.15) is 5.82 Å². The molecule has 1 spiro atoms.